The molecular weight excluding hydrogens is 408 g/mol. The molecule has 5 heteroatoms. The fourth-order valence-corrected chi connectivity index (χ4v) is 6.32. The minimum Gasteiger partial charge on any atom is -0.445 e. The molecule has 2 atom stereocenters. The summed E-state index contributed by atoms with van der Waals surface area (Å²) in [5.41, 5.74) is 4.92. The first-order valence-electron chi connectivity index (χ1n) is 11.7. The molecule has 1 spiro atoms. The van der Waals surface area contributed by atoms with E-state index in [9.17, 15) is 4.79 Å². The van der Waals surface area contributed by atoms with Gasteiger partial charge in [-0.25, -0.2) is 4.79 Å². The maximum absolute atomic E-state index is 13.0. The average Bonchev–Trinajstić information content (AvgIpc) is 3.57. The number of nitrogens with zero attached hydrogens (tertiary/aromatic N) is 1. The molecule has 1 amide bonds. The SMILES string of the molecule is O=C(NC1c2cc(-c3ccccc3Cl)ccc2CCC12CC2)O[C@@H]1CN2CCC1CC2. The van der Waals surface area contributed by atoms with E-state index in [1.165, 1.54) is 24.0 Å². The van der Waals surface area contributed by atoms with Crippen molar-refractivity contribution in [3.05, 3.63) is 58.6 Å². The Labute approximate surface area is 188 Å². The number of halogens is 1. The van der Waals surface area contributed by atoms with Gasteiger partial charge >= 0.3 is 6.09 Å². The van der Waals surface area contributed by atoms with Crippen molar-refractivity contribution < 1.29 is 9.53 Å². The molecule has 2 bridgehead atoms. The molecule has 3 aliphatic heterocycles. The number of carbonyl (C=O) groups excluding carboxylic acids is 1. The van der Waals surface area contributed by atoms with Crippen LogP contribution in [0.3, 0.4) is 0 Å². The van der Waals surface area contributed by atoms with E-state index in [0.29, 0.717) is 5.92 Å². The third kappa shape index (κ3) is 3.54. The van der Waals surface area contributed by atoms with Gasteiger partial charge in [0.25, 0.3) is 0 Å². The van der Waals surface area contributed by atoms with Gasteiger partial charge in [0.2, 0.25) is 0 Å². The van der Waals surface area contributed by atoms with Crippen LogP contribution in [0.2, 0.25) is 5.02 Å². The lowest BCUT2D eigenvalue weighted by atomic mass is 9.76. The lowest BCUT2D eigenvalue weighted by Gasteiger charge is -2.44. The molecule has 4 fully saturated rings. The topological polar surface area (TPSA) is 41.6 Å². The Morgan fingerprint density at radius 3 is 2.61 bits per heavy atom. The molecule has 162 valence electrons. The van der Waals surface area contributed by atoms with Crippen molar-refractivity contribution in [1.29, 1.82) is 0 Å². The molecule has 5 aliphatic rings. The van der Waals surface area contributed by atoms with Crippen LogP contribution < -0.4 is 5.32 Å². The van der Waals surface area contributed by atoms with Crippen LogP contribution in [0.25, 0.3) is 11.1 Å². The van der Waals surface area contributed by atoms with Crippen molar-refractivity contribution in [3.8, 4) is 11.1 Å². The van der Waals surface area contributed by atoms with Gasteiger partial charge in [-0.2, -0.15) is 0 Å². The van der Waals surface area contributed by atoms with Crippen LogP contribution in [0, 0.1) is 11.3 Å². The zero-order valence-electron chi connectivity index (χ0n) is 17.8. The summed E-state index contributed by atoms with van der Waals surface area (Å²) in [7, 11) is 0. The Kier molecular flexibility index (Phi) is 4.77. The maximum atomic E-state index is 13.0. The number of hydrogen-bond acceptors (Lipinski definition) is 3. The summed E-state index contributed by atoms with van der Waals surface area (Å²) in [6.07, 6.45) is 6.65. The second-order valence-corrected chi connectivity index (χ2v) is 10.3. The second-order valence-electron chi connectivity index (χ2n) is 9.91. The number of carbonyl (C=O) groups is 1. The number of alkyl carbamates (subject to hydrolysis) is 1. The third-order valence-corrected chi connectivity index (χ3v) is 8.48. The van der Waals surface area contributed by atoms with Crippen molar-refractivity contribution in [2.24, 2.45) is 11.3 Å². The fourth-order valence-electron chi connectivity index (χ4n) is 6.08. The average molecular weight is 437 g/mol. The molecule has 2 aliphatic carbocycles. The van der Waals surface area contributed by atoms with E-state index in [-0.39, 0.29) is 23.7 Å². The molecule has 4 nitrogen and oxygen atoms in total. The molecule has 0 aromatic heterocycles. The number of nitrogens with one attached hydrogen (secondary N) is 1. The van der Waals surface area contributed by atoms with Gasteiger partial charge < -0.3 is 10.1 Å². The highest BCUT2D eigenvalue weighted by molar-refractivity contribution is 6.33. The Morgan fingerprint density at radius 2 is 1.90 bits per heavy atom. The molecule has 0 radical (unpaired) electrons. The van der Waals surface area contributed by atoms with E-state index >= 15 is 0 Å². The van der Waals surface area contributed by atoms with Crippen molar-refractivity contribution in [3.63, 3.8) is 0 Å². The van der Waals surface area contributed by atoms with Gasteiger partial charge in [-0.15, -0.1) is 0 Å². The normalized spacial score (nSPS) is 30.0. The molecule has 1 unspecified atom stereocenters. The van der Waals surface area contributed by atoms with Crippen LogP contribution in [0.5, 0.6) is 0 Å². The largest absolute Gasteiger partial charge is 0.445 e. The molecule has 3 saturated heterocycles. The Bertz CT molecular complexity index is 1010. The van der Waals surface area contributed by atoms with Gasteiger partial charge in [-0.3, -0.25) is 4.90 Å². The first kappa shape index (κ1) is 19.6. The Hall–Kier alpha value is -2.04. The molecule has 2 aromatic carbocycles. The second kappa shape index (κ2) is 7.53. The summed E-state index contributed by atoms with van der Waals surface area (Å²) < 4.78 is 5.99. The summed E-state index contributed by atoms with van der Waals surface area (Å²) in [6, 6.07) is 14.6. The van der Waals surface area contributed by atoms with Crippen LogP contribution in [-0.2, 0) is 11.2 Å². The van der Waals surface area contributed by atoms with Gasteiger partial charge in [-0.1, -0.05) is 41.9 Å². The quantitative estimate of drug-likeness (QED) is 0.681. The lowest BCUT2D eigenvalue weighted by Crippen LogP contribution is -2.53. The Morgan fingerprint density at radius 1 is 1.10 bits per heavy atom. The van der Waals surface area contributed by atoms with Crippen LogP contribution in [-0.4, -0.2) is 36.7 Å². The summed E-state index contributed by atoms with van der Waals surface area (Å²) >= 11 is 6.48. The van der Waals surface area contributed by atoms with E-state index in [1.54, 1.807) is 0 Å². The predicted molar refractivity (Wildman–Crippen MR) is 122 cm³/mol. The highest BCUT2D eigenvalue weighted by atomic mass is 35.5. The van der Waals surface area contributed by atoms with E-state index in [4.69, 9.17) is 16.3 Å². The number of hydrogen-bond donors (Lipinski definition) is 1. The van der Waals surface area contributed by atoms with Crippen molar-refractivity contribution in [2.45, 2.75) is 50.7 Å². The minimum atomic E-state index is -0.244. The highest BCUT2D eigenvalue weighted by Crippen LogP contribution is 2.61. The molecule has 31 heavy (non-hydrogen) atoms. The Balaban J connectivity index is 1.26. The van der Waals surface area contributed by atoms with Gasteiger partial charge in [0.1, 0.15) is 6.10 Å². The first-order valence-corrected chi connectivity index (χ1v) is 12.1. The van der Waals surface area contributed by atoms with Crippen molar-refractivity contribution >= 4 is 17.7 Å². The standard InChI is InChI=1S/C26H29ClN2O2/c27-22-4-2-1-3-20(22)19-6-5-17-7-10-26(11-12-26)24(21(17)15-19)28-25(30)31-23-16-29-13-8-18(23)9-14-29/h1-6,15,18,23-24H,7-14,16H2,(H,28,30)/t23-,24?/m1/s1. The first-order chi connectivity index (χ1) is 15.1. The number of rotatable bonds is 3. The molecule has 1 N–H and O–H groups in total. The zero-order valence-corrected chi connectivity index (χ0v) is 18.5. The summed E-state index contributed by atoms with van der Waals surface area (Å²) in [5, 5.41) is 4.07. The fraction of sp³-hybridized carbons (Fsp3) is 0.500. The molecule has 2 aromatic rings. The smallest absolute Gasteiger partial charge is 0.407 e. The van der Waals surface area contributed by atoms with E-state index < -0.39 is 0 Å². The molecule has 3 heterocycles. The van der Waals surface area contributed by atoms with Crippen LogP contribution in [0.15, 0.2) is 42.5 Å². The summed E-state index contributed by atoms with van der Waals surface area (Å²) in [4.78, 5) is 15.4. The van der Waals surface area contributed by atoms with Gasteiger partial charge in [0.15, 0.2) is 0 Å². The van der Waals surface area contributed by atoms with E-state index in [0.717, 1.165) is 61.5 Å². The monoisotopic (exact) mass is 436 g/mol. The highest BCUT2D eigenvalue weighted by Gasteiger charge is 2.53. The van der Waals surface area contributed by atoms with Gasteiger partial charge in [-0.05, 0) is 91.8 Å². The lowest BCUT2D eigenvalue weighted by molar-refractivity contribution is -0.0347. The van der Waals surface area contributed by atoms with Crippen LogP contribution in [0.4, 0.5) is 4.79 Å². The zero-order chi connectivity index (χ0) is 21.0. The van der Waals surface area contributed by atoms with E-state index in [1.807, 2.05) is 18.2 Å². The number of aryl methyl sites for hydroxylation is 1. The van der Waals surface area contributed by atoms with Crippen LogP contribution >= 0.6 is 11.6 Å². The number of piperidine rings is 3. The van der Waals surface area contributed by atoms with Crippen LogP contribution in [0.1, 0.15) is 49.3 Å². The summed E-state index contributed by atoms with van der Waals surface area (Å²) in [6.45, 7) is 3.19. The summed E-state index contributed by atoms with van der Waals surface area (Å²) in [5.74, 6) is 0.524. The van der Waals surface area contributed by atoms with Gasteiger partial charge in [0, 0.05) is 17.1 Å². The molecule has 7 rings (SSSR count). The van der Waals surface area contributed by atoms with E-state index in [2.05, 4.69) is 34.5 Å². The maximum Gasteiger partial charge on any atom is 0.407 e. The van der Waals surface area contributed by atoms with Gasteiger partial charge in [0.05, 0.1) is 6.04 Å². The van der Waals surface area contributed by atoms with Crippen molar-refractivity contribution in [2.75, 3.05) is 19.6 Å². The number of amides is 1. The number of ether oxygens (including phenoxy) is 1. The molecular formula is C26H29ClN2O2. The minimum absolute atomic E-state index is 0.0206. The number of fused-ring (bicyclic) bond motifs is 4. The predicted octanol–water partition coefficient (Wildman–Crippen LogP) is 5.59. The third-order valence-electron chi connectivity index (χ3n) is 8.16. The number of benzene rings is 2. The molecule has 1 saturated carbocycles. The van der Waals surface area contributed by atoms with Crippen molar-refractivity contribution in [1.82, 2.24) is 10.2 Å².